The summed E-state index contributed by atoms with van der Waals surface area (Å²) in [6, 6.07) is 0. The molecule has 1 unspecified atom stereocenters. The number of likely N-dealkylation sites (tertiary alicyclic amines) is 1. The fraction of sp³-hybridized carbons (Fsp3) is 0.833. The quantitative estimate of drug-likeness (QED) is 0.772. The van der Waals surface area contributed by atoms with Crippen molar-refractivity contribution in [1.82, 2.24) is 25.0 Å². The Morgan fingerprint density at radius 3 is 3.12 bits per heavy atom. The van der Waals surface area contributed by atoms with E-state index in [1.165, 1.54) is 19.5 Å². The second-order valence-electron chi connectivity index (χ2n) is 4.87. The number of aryl methyl sites for hydroxylation is 1. The topological polar surface area (TPSA) is 46.0 Å². The summed E-state index contributed by atoms with van der Waals surface area (Å²) in [5.41, 5.74) is 0. The molecule has 1 atom stereocenters. The van der Waals surface area contributed by atoms with Crippen LogP contribution in [0.3, 0.4) is 0 Å². The van der Waals surface area contributed by atoms with E-state index in [0.717, 1.165) is 37.8 Å². The van der Waals surface area contributed by atoms with Gasteiger partial charge in [-0.25, -0.2) is 0 Å². The molecule has 2 rings (SSSR count). The molecule has 17 heavy (non-hydrogen) atoms. The smallest absolute Gasteiger partial charge is 0.133 e. The predicted molar refractivity (Wildman–Crippen MR) is 67.8 cm³/mol. The van der Waals surface area contributed by atoms with E-state index in [1.807, 2.05) is 11.6 Å². The first kappa shape index (κ1) is 12.5. The minimum Gasteiger partial charge on any atom is -0.321 e. The number of aromatic nitrogens is 3. The molecular weight excluding hydrogens is 214 g/mol. The summed E-state index contributed by atoms with van der Waals surface area (Å²) in [5.74, 6) is 1.91. The lowest BCUT2D eigenvalue weighted by molar-refractivity contribution is 0.322. The third-order valence-corrected chi connectivity index (χ3v) is 3.51. The Labute approximate surface area is 103 Å². The fourth-order valence-electron chi connectivity index (χ4n) is 2.42. The monoisotopic (exact) mass is 237 g/mol. The number of nitrogens with one attached hydrogen (secondary N) is 1. The lowest BCUT2D eigenvalue weighted by Crippen LogP contribution is -2.28. The van der Waals surface area contributed by atoms with Crippen LogP contribution in [-0.4, -0.2) is 52.4 Å². The van der Waals surface area contributed by atoms with Gasteiger partial charge in [-0.2, -0.15) is 0 Å². The Morgan fingerprint density at radius 1 is 1.53 bits per heavy atom. The van der Waals surface area contributed by atoms with Gasteiger partial charge in [0.2, 0.25) is 0 Å². The summed E-state index contributed by atoms with van der Waals surface area (Å²) >= 11 is 0. The highest BCUT2D eigenvalue weighted by Gasteiger charge is 2.21. The van der Waals surface area contributed by atoms with Gasteiger partial charge in [0.1, 0.15) is 12.2 Å². The molecule has 96 valence electrons. The van der Waals surface area contributed by atoms with Crippen LogP contribution in [0.4, 0.5) is 0 Å². The molecule has 1 N–H and O–H groups in total. The first-order chi connectivity index (χ1) is 8.29. The largest absolute Gasteiger partial charge is 0.321 e. The van der Waals surface area contributed by atoms with Crippen molar-refractivity contribution in [3.05, 3.63) is 12.2 Å². The Balaban J connectivity index is 1.69. The van der Waals surface area contributed by atoms with Crippen LogP contribution in [0.5, 0.6) is 0 Å². The van der Waals surface area contributed by atoms with Gasteiger partial charge >= 0.3 is 0 Å². The third-order valence-electron chi connectivity index (χ3n) is 3.51. The van der Waals surface area contributed by atoms with Gasteiger partial charge in [-0.1, -0.05) is 6.92 Å². The van der Waals surface area contributed by atoms with Crippen molar-refractivity contribution in [1.29, 1.82) is 0 Å². The maximum Gasteiger partial charge on any atom is 0.133 e. The predicted octanol–water partition coefficient (Wildman–Crippen LogP) is 0.289. The molecule has 5 heteroatoms. The van der Waals surface area contributed by atoms with Crippen LogP contribution >= 0.6 is 0 Å². The average Bonchev–Trinajstić information content (AvgIpc) is 2.93. The lowest BCUT2D eigenvalue weighted by atomic mass is 10.1. The van der Waals surface area contributed by atoms with E-state index in [9.17, 15) is 0 Å². The minimum atomic E-state index is 0.828. The van der Waals surface area contributed by atoms with Crippen molar-refractivity contribution in [3.8, 4) is 0 Å². The first-order valence-electron chi connectivity index (χ1n) is 6.55. The number of rotatable bonds is 6. The molecule has 1 aliphatic rings. The summed E-state index contributed by atoms with van der Waals surface area (Å²) in [5, 5.41) is 11.5. The molecule has 1 aromatic heterocycles. The SMILES string of the molecule is CCNCC1CCN(CCc2nncn2C)C1. The molecule has 2 heterocycles. The highest BCUT2D eigenvalue weighted by Crippen LogP contribution is 2.15. The average molecular weight is 237 g/mol. The van der Waals surface area contributed by atoms with Gasteiger partial charge in [0.25, 0.3) is 0 Å². The standard InChI is InChI=1S/C12H23N5/c1-3-13-8-11-4-6-17(9-11)7-5-12-15-14-10-16(12)2/h10-11,13H,3-9H2,1-2H3. The van der Waals surface area contributed by atoms with E-state index >= 15 is 0 Å². The van der Waals surface area contributed by atoms with Crippen molar-refractivity contribution in [2.75, 3.05) is 32.7 Å². The van der Waals surface area contributed by atoms with E-state index < -0.39 is 0 Å². The van der Waals surface area contributed by atoms with Crippen molar-refractivity contribution in [2.45, 2.75) is 19.8 Å². The zero-order valence-electron chi connectivity index (χ0n) is 10.9. The van der Waals surface area contributed by atoms with Crippen molar-refractivity contribution < 1.29 is 0 Å². The highest BCUT2D eigenvalue weighted by atomic mass is 15.3. The van der Waals surface area contributed by atoms with Crippen LogP contribution < -0.4 is 5.32 Å². The van der Waals surface area contributed by atoms with E-state index in [-0.39, 0.29) is 0 Å². The molecule has 1 aromatic rings. The lowest BCUT2D eigenvalue weighted by Gasteiger charge is -2.15. The first-order valence-corrected chi connectivity index (χ1v) is 6.55. The van der Waals surface area contributed by atoms with Crippen molar-refractivity contribution in [3.63, 3.8) is 0 Å². The van der Waals surface area contributed by atoms with Crippen LogP contribution in [0.25, 0.3) is 0 Å². The minimum absolute atomic E-state index is 0.828. The van der Waals surface area contributed by atoms with E-state index in [2.05, 4.69) is 27.3 Å². The number of hydrogen-bond acceptors (Lipinski definition) is 4. The maximum absolute atomic E-state index is 4.12. The summed E-state index contributed by atoms with van der Waals surface area (Å²) < 4.78 is 2.01. The Hall–Kier alpha value is -0.940. The van der Waals surface area contributed by atoms with Gasteiger partial charge in [-0.3, -0.25) is 0 Å². The second-order valence-corrected chi connectivity index (χ2v) is 4.87. The Morgan fingerprint density at radius 2 is 2.41 bits per heavy atom. The summed E-state index contributed by atoms with van der Waals surface area (Å²) in [4.78, 5) is 2.54. The van der Waals surface area contributed by atoms with Crippen LogP contribution in [0.15, 0.2) is 6.33 Å². The molecule has 0 bridgehead atoms. The van der Waals surface area contributed by atoms with Crippen LogP contribution in [0.1, 0.15) is 19.2 Å². The zero-order chi connectivity index (χ0) is 12.1. The van der Waals surface area contributed by atoms with Crippen molar-refractivity contribution >= 4 is 0 Å². The summed E-state index contributed by atoms with van der Waals surface area (Å²) in [7, 11) is 2.01. The van der Waals surface area contributed by atoms with E-state index in [4.69, 9.17) is 0 Å². The van der Waals surface area contributed by atoms with Gasteiger partial charge in [-0.05, 0) is 32.0 Å². The molecule has 0 aliphatic carbocycles. The molecule has 5 nitrogen and oxygen atoms in total. The zero-order valence-corrected chi connectivity index (χ0v) is 10.9. The Bertz CT molecular complexity index is 335. The van der Waals surface area contributed by atoms with Gasteiger partial charge in [-0.15, -0.1) is 10.2 Å². The van der Waals surface area contributed by atoms with Gasteiger partial charge < -0.3 is 14.8 Å². The maximum atomic E-state index is 4.12. The van der Waals surface area contributed by atoms with Crippen molar-refractivity contribution in [2.24, 2.45) is 13.0 Å². The molecule has 0 spiro atoms. The second kappa shape index (κ2) is 6.12. The van der Waals surface area contributed by atoms with Gasteiger partial charge in [0.15, 0.2) is 0 Å². The summed E-state index contributed by atoms with van der Waals surface area (Å²) in [6.45, 7) is 7.97. The highest BCUT2D eigenvalue weighted by molar-refractivity contribution is 4.87. The number of nitrogens with zero attached hydrogens (tertiary/aromatic N) is 4. The third kappa shape index (κ3) is 3.51. The van der Waals surface area contributed by atoms with Gasteiger partial charge in [0.05, 0.1) is 0 Å². The van der Waals surface area contributed by atoms with Crippen LogP contribution in [-0.2, 0) is 13.5 Å². The molecule has 1 fully saturated rings. The van der Waals surface area contributed by atoms with Crippen LogP contribution in [0, 0.1) is 5.92 Å². The summed E-state index contributed by atoms with van der Waals surface area (Å²) in [6.07, 6.45) is 4.10. The normalized spacial score (nSPS) is 21.2. The fourth-order valence-corrected chi connectivity index (χ4v) is 2.42. The molecule has 0 saturated carbocycles. The molecule has 0 aromatic carbocycles. The van der Waals surface area contributed by atoms with Gasteiger partial charge in [0, 0.05) is 26.6 Å². The molecule has 0 amide bonds. The molecule has 1 saturated heterocycles. The van der Waals surface area contributed by atoms with Crippen LogP contribution in [0.2, 0.25) is 0 Å². The van der Waals surface area contributed by atoms with E-state index in [0.29, 0.717) is 0 Å². The van der Waals surface area contributed by atoms with E-state index in [1.54, 1.807) is 6.33 Å². The molecule has 1 aliphatic heterocycles. The number of hydrogen-bond donors (Lipinski definition) is 1. The molecular formula is C12H23N5. The Kier molecular flexibility index (Phi) is 4.50. The molecule has 0 radical (unpaired) electrons.